The smallest absolute Gasteiger partial charge is 0.220 e. The van der Waals surface area contributed by atoms with Crippen LogP contribution in [0.25, 0.3) is 0 Å². The molecular formula is C6H10N2O. The van der Waals surface area contributed by atoms with Gasteiger partial charge in [0.1, 0.15) is 0 Å². The number of nitriles is 1. The van der Waals surface area contributed by atoms with Crippen LogP contribution in [-0.4, -0.2) is 12.5 Å². The van der Waals surface area contributed by atoms with Crippen molar-refractivity contribution in [3.8, 4) is 6.07 Å². The highest BCUT2D eigenvalue weighted by Crippen LogP contribution is 1.93. The molecule has 0 aliphatic carbocycles. The van der Waals surface area contributed by atoms with Crippen molar-refractivity contribution in [1.29, 1.82) is 5.26 Å². The van der Waals surface area contributed by atoms with Crippen LogP contribution in [0.15, 0.2) is 0 Å². The van der Waals surface area contributed by atoms with Crippen molar-refractivity contribution in [2.45, 2.75) is 19.8 Å². The van der Waals surface area contributed by atoms with Gasteiger partial charge in [-0.25, -0.2) is 0 Å². The molecule has 1 heterocycles. The zero-order chi connectivity index (χ0) is 7.11. The van der Waals surface area contributed by atoms with Crippen LogP contribution in [0.1, 0.15) is 19.8 Å². The van der Waals surface area contributed by atoms with E-state index in [1.807, 2.05) is 0 Å². The van der Waals surface area contributed by atoms with Gasteiger partial charge >= 0.3 is 0 Å². The van der Waals surface area contributed by atoms with Crippen LogP contribution in [0.4, 0.5) is 0 Å². The van der Waals surface area contributed by atoms with Crippen molar-refractivity contribution >= 4 is 5.91 Å². The summed E-state index contributed by atoms with van der Waals surface area (Å²) in [6.45, 7) is 2.32. The molecule has 0 spiro atoms. The van der Waals surface area contributed by atoms with Gasteiger partial charge in [0.25, 0.3) is 0 Å². The molecule has 1 saturated heterocycles. The Labute approximate surface area is 54.7 Å². The molecule has 0 atom stereocenters. The van der Waals surface area contributed by atoms with E-state index in [0.717, 1.165) is 19.4 Å². The lowest BCUT2D eigenvalue weighted by atomic mass is 10.4. The minimum absolute atomic E-state index is 0.204. The highest BCUT2D eigenvalue weighted by atomic mass is 16.1. The molecule has 3 heteroatoms. The molecule has 0 aromatic carbocycles. The van der Waals surface area contributed by atoms with E-state index in [0.29, 0.717) is 0 Å². The van der Waals surface area contributed by atoms with Crippen LogP contribution in [0.5, 0.6) is 0 Å². The molecule has 1 aliphatic rings. The number of nitrogens with one attached hydrogen (secondary N) is 1. The number of carbonyl (C=O) groups excluding carboxylic acids is 1. The molecule has 0 aromatic rings. The van der Waals surface area contributed by atoms with Crippen molar-refractivity contribution in [3.05, 3.63) is 0 Å². The Bertz CT molecular complexity index is 118. The molecule has 0 radical (unpaired) electrons. The highest BCUT2D eigenvalue weighted by Gasteiger charge is 2.05. The summed E-state index contributed by atoms with van der Waals surface area (Å²) in [5.41, 5.74) is 0. The molecule has 0 saturated carbocycles. The van der Waals surface area contributed by atoms with Gasteiger partial charge in [-0.3, -0.25) is 4.79 Å². The van der Waals surface area contributed by atoms with E-state index >= 15 is 0 Å². The quantitative estimate of drug-likeness (QED) is 0.511. The zero-order valence-electron chi connectivity index (χ0n) is 5.48. The Hall–Kier alpha value is -1.04. The SMILES string of the molecule is CC#N.O=C1CCCN1. The molecule has 1 fully saturated rings. The van der Waals surface area contributed by atoms with Gasteiger partial charge in [-0.15, -0.1) is 0 Å². The standard InChI is InChI=1S/C4H7NO.C2H3N/c6-4-2-1-3-5-4;1-2-3/h1-3H2,(H,5,6);1H3. The van der Waals surface area contributed by atoms with Gasteiger partial charge in [0, 0.05) is 19.9 Å². The van der Waals surface area contributed by atoms with Crippen LogP contribution in [0.2, 0.25) is 0 Å². The van der Waals surface area contributed by atoms with Crippen molar-refractivity contribution in [2.24, 2.45) is 0 Å². The summed E-state index contributed by atoms with van der Waals surface area (Å²) >= 11 is 0. The molecule has 1 aliphatic heterocycles. The van der Waals surface area contributed by atoms with Gasteiger partial charge < -0.3 is 5.32 Å². The largest absolute Gasteiger partial charge is 0.356 e. The first kappa shape index (κ1) is 7.96. The number of nitrogens with zero attached hydrogens (tertiary/aromatic N) is 1. The summed E-state index contributed by atoms with van der Waals surface area (Å²) < 4.78 is 0. The Morgan fingerprint density at radius 1 is 1.78 bits per heavy atom. The topological polar surface area (TPSA) is 52.9 Å². The van der Waals surface area contributed by atoms with Crippen molar-refractivity contribution in [3.63, 3.8) is 0 Å². The Balaban J connectivity index is 0.000000187. The first-order valence-electron chi connectivity index (χ1n) is 2.88. The van der Waals surface area contributed by atoms with Gasteiger partial charge in [0.15, 0.2) is 0 Å². The summed E-state index contributed by atoms with van der Waals surface area (Å²) in [7, 11) is 0. The van der Waals surface area contributed by atoms with Crippen molar-refractivity contribution < 1.29 is 4.79 Å². The second-order valence-corrected chi connectivity index (χ2v) is 1.68. The summed E-state index contributed by atoms with van der Waals surface area (Å²) in [6.07, 6.45) is 1.76. The van der Waals surface area contributed by atoms with Crippen molar-refractivity contribution in [1.82, 2.24) is 5.32 Å². The lowest BCUT2D eigenvalue weighted by molar-refractivity contribution is -0.119. The fraction of sp³-hybridized carbons (Fsp3) is 0.667. The lowest BCUT2D eigenvalue weighted by Gasteiger charge is -1.80. The molecule has 1 rings (SSSR count). The van der Waals surface area contributed by atoms with Crippen LogP contribution in [0, 0.1) is 11.3 Å². The molecule has 1 N–H and O–H groups in total. The van der Waals surface area contributed by atoms with E-state index in [1.54, 1.807) is 6.07 Å². The van der Waals surface area contributed by atoms with Crippen molar-refractivity contribution in [2.75, 3.05) is 6.54 Å². The maximum Gasteiger partial charge on any atom is 0.220 e. The van der Waals surface area contributed by atoms with Gasteiger partial charge in [-0.05, 0) is 6.42 Å². The molecular weight excluding hydrogens is 116 g/mol. The second kappa shape index (κ2) is 5.10. The van der Waals surface area contributed by atoms with Gasteiger partial charge in [-0.1, -0.05) is 0 Å². The Kier molecular flexibility index (Phi) is 4.51. The molecule has 1 amide bonds. The van der Waals surface area contributed by atoms with Crippen LogP contribution in [-0.2, 0) is 4.79 Å². The van der Waals surface area contributed by atoms with Gasteiger partial charge in [-0.2, -0.15) is 5.26 Å². The third-order valence-corrected chi connectivity index (χ3v) is 0.903. The second-order valence-electron chi connectivity index (χ2n) is 1.68. The fourth-order valence-corrected chi connectivity index (χ4v) is 0.565. The third kappa shape index (κ3) is 4.82. The Morgan fingerprint density at radius 3 is 2.44 bits per heavy atom. The van der Waals surface area contributed by atoms with E-state index < -0.39 is 0 Å². The lowest BCUT2D eigenvalue weighted by Crippen LogP contribution is -2.12. The predicted molar refractivity (Wildman–Crippen MR) is 33.5 cm³/mol. The maximum atomic E-state index is 10.1. The van der Waals surface area contributed by atoms with E-state index in [-0.39, 0.29) is 5.91 Å². The van der Waals surface area contributed by atoms with Crippen LogP contribution in [0.3, 0.4) is 0 Å². The summed E-state index contributed by atoms with van der Waals surface area (Å²) in [6, 6.07) is 1.75. The average Bonchev–Trinajstić information content (AvgIpc) is 2.20. The molecule has 3 nitrogen and oxygen atoms in total. The third-order valence-electron chi connectivity index (χ3n) is 0.903. The zero-order valence-corrected chi connectivity index (χ0v) is 5.48. The van der Waals surface area contributed by atoms with Crippen LogP contribution >= 0.6 is 0 Å². The number of amides is 1. The minimum Gasteiger partial charge on any atom is -0.356 e. The molecule has 0 aromatic heterocycles. The summed E-state index contributed by atoms with van der Waals surface area (Å²) in [5.74, 6) is 0.204. The normalized spacial score (nSPS) is 14.9. The minimum atomic E-state index is 0.204. The van der Waals surface area contributed by atoms with Gasteiger partial charge in [0.2, 0.25) is 5.91 Å². The average molecular weight is 126 g/mol. The maximum absolute atomic E-state index is 10.1. The first-order chi connectivity index (χ1) is 4.31. The number of carbonyl (C=O) groups is 1. The number of rotatable bonds is 0. The van der Waals surface area contributed by atoms with Crippen LogP contribution < -0.4 is 5.32 Å². The Morgan fingerprint density at radius 2 is 2.33 bits per heavy atom. The fourth-order valence-electron chi connectivity index (χ4n) is 0.565. The summed E-state index contributed by atoms with van der Waals surface area (Å²) in [5, 5.41) is 10.0. The summed E-state index contributed by atoms with van der Waals surface area (Å²) in [4.78, 5) is 10.1. The molecule has 50 valence electrons. The molecule has 0 bridgehead atoms. The van der Waals surface area contributed by atoms with E-state index in [1.165, 1.54) is 6.92 Å². The monoisotopic (exact) mass is 126 g/mol. The van der Waals surface area contributed by atoms with E-state index in [4.69, 9.17) is 5.26 Å². The van der Waals surface area contributed by atoms with Gasteiger partial charge in [0.05, 0.1) is 6.07 Å². The van der Waals surface area contributed by atoms with E-state index in [2.05, 4.69) is 5.32 Å². The van der Waals surface area contributed by atoms with E-state index in [9.17, 15) is 4.79 Å². The number of hydrogen-bond donors (Lipinski definition) is 1. The molecule has 0 unspecified atom stereocenters. The predicted octanol–water partition coefficient (Wildman–Crippen LogP) is 0.426. The molecule has 9 heavy (non-hydrogen) atoms. The first-order valence-corrected chi connectivity index (χ1v) is 2.88. The highest BCUT2D eigenvalue weighted by molar-refractivity contribution is 5.77. The number of hydrogen-bond acceptors (Lipinski definition) is 2.